The van der Waals surface area contributed by atoms with Crippen LogP contribution >= 0.6 is 0 Å². The van der Waals surface area contributed by atoms with Gasteiger partial charge in [-0.05, 0) is 56.3 Å². The quantitative estimate of drug-likeness (QED) is 0.533. The van der Waals surface area contributed by atoms with Gasteiger partial charge in [0, 0.05) is 23.4 Å². The maximum Gasteiger partial charge on any atom is 0.153 e. The van der Waals surface area contributed by atoms with Gasteiger partial charge in [-0.3, -0.25) is 4.98 Å². The smallest absolute Gasteiger partial charge is 0.153 e. The van der Waals surface area contributed by atoms with Crippen LogP contribution in [0.1, 0.15) is 30.8 Å². The van der Waals surface area contributed by atoms with Crippen LogP contribution in [0.25, 0.3) is 17.1 Å². The predicted octanol–water partition coefficient (Wildman–Crippen LogP) is 4.53. The van der Waals surface area contributed by atoms with Crippen molar-refractivity contribution in [3.8, 4) is 23.1 Å². The molecule has 0 aliphatic carbocycles. The van der Waals surface area contributed by atoms with E-state index in [1.54, 1.807) is 16.9 Å². The van der Waals surface area contributed by atoms with Crippen molar-refractivity contribution < 1.29 is 0 Å². The summed E-state index contributed by atoms with van der Waals surface area (Å²) in [7, 11) is 0. The molecule has 0 bridgehead atoms. The molecule has 5 heteroatoms. The summed E-state index contributed by atoms with van der Waals surface area (Å²) in [5, 5.41) is 13.4. The SMILES string of the molecule is CC(C)(c1cccc(-c2cccc(C#N)c2)n1)c1cccc(-n2cccn2)n1. The highest BCUT2D eigenvalue weighted by Crippen LogP contribution is 2.31. The fourth-order valence-electron chi connectivity index (χ4n) is 3.13. The van der Waals surface area contributed by atoms with Crippen LogP contribution in [0.2, 0.25) is 0 Å². The summed E-state index contributed by atoms with van der Waals surface area (Å²) in [6, 6.07) is 23.5. The van der Waals surface area contributed by atoms with E-state index in [9.17, 15) is 0 Å². The zero-order valence-corrected chi connectivity index (χ0v) is 15.7. The number of benzene rings is 1. The van der Waals surface area contributed by atoms with Crippen molar-refractivity contribution in [2.75, 3.05) is 0 Å². The molecule has 0 fully saturated rings. The molecule has 0 aliphatic rings. The minimum Gasteiger partial charge on any atom is -0.252 e. The largest absolute Gasteiger partial charge is 0.252 e. The zero-order valence-electron chi connectivity index (χ0n) is 15.7. The topological polar surface area (TPSA) is 67.4 Å². The summed E-state index contributed by atoms with van der Waals surface area (Å²) in [5.74, 6) is 0.772. The Morgan fingerprint density at radius 1 is 0.893 bits per heavy atom. The summed E-state index contributed by atoms with van der Waals surface area (Å²) in [6.07, 6.45) is 3.61. The Bertz CT molecular complexity index is 1150. The number of hydrogen-bond acceptors (Lipinski definition) is 4. The van der Waals surface area contributed by atoms with Crippen molar-refractivity contribution in [2.45, 2.75) is 19.3 Å². The van der Waals surface area contributed by atoms with Crippen LogP contribution in [0.4, 0.5) is 0 Å². The van der Waals surface area contributed by atoms with Crippen LogP contribution in [-0.4, -0.2) is 19.7 Å². The summed E-state index contributed by atoms with van der Waals surface area (Å²) < 4.78 is 1.75. The van der Waals surface area contributed by atoms with Crippen molar-refractivity contribution in [3.05, 3.63) is 96.1 Å². The van der Waals surface area contributed by atoms with Crippen molar-refractivity contribution in [2.24, 2.45) is 0 Å². The summed E-state index contributed by atoms with van der Waals surface area (Å²) in [5.41, 5.74) is 3.82. The van der Waals surface area contributed by atoms with Gasteiger partial charge in [-0.2, -0.15) is 10.4 Å². The maximum absolute atomic E-state index is 9.16. The Morgan fingerprint density at radius 3 is 2.39 bits per heavy atom. The molecule has 4 rings (SSSR count). The second kappa shape index (κ2) is 7.09. The average Bonchev–Trinajstić information content (AvgIpc) is 3.29. The van der Waals surface area contributed by atoms with Crippen molar-refractivity contribution in [1.82, 2.24) is 19.7 Å². The van der Waals surface area contributed by atoms with Crippen LogP contribution < -0.4 is 0 Å². The Morgan fingerprint density at radius 2 is 1.64 bits per heavy atom. The first-order chi connectivity index (χ1) is 13.6. The van der Waals surface area contributed by atoms with Crippen LogP contribution in [-0.2, 0) is 5.41 Å². The van der Waals surface area contributed by atoms with E-state index in [4.69, 9.17) is 15.2 Å². The standard InChI is InChI=1S/C23H19N5/c1-23(2,21-11-5-12-22(27-21)28-14-6-13-25-28)20-10-4-9-19(26-20)18-8-3-7-17(15-18)16-24/h3-15H,1-2H3. The first kappa shape index (κ1) is 17.6. The summed E-state index contributed by atoms with van der Waals surface area (Å²) in [4.78, 5) is 9.70. The Hall–Kier alpha value is -3.78. The molecule has 0 saturated carbocycles. The van der Waals surface area contributed by atoms with Crippen molar-refractivity contribution >= 4 is 0 Å². The van der Waals surface area contributed by atoms with E-state index in [1.165, 1.54) is 0 Å². The molecule has 0 amide bonds. The lowest BCUT2D eigenvalue weighted by Gasteiger charge is -2.24. The van der Waals surface area contributed by atoms with E-state index in [0.29, 0.717) is 5.56 Å². The van der Waals surface area contributed by atoms with Gasteiger partial charge in [0.15, 0.2) is 5.82 Å². The van der Waals surface area contributed by atoms with E-state index in [-0.39, 0.29) is 0 Å². The highest BCUT2D eigenvalue weighted by molar-refractivity contribution is 5.61. The minimum atomic E-state index is -0.397. The first-order valence-electron chi connectivity index (χ1n) is 9.03. The molecular formula is C23H19N5. The molecule has 5 nitrogen and oxygen atoms in total. The number of nitrogens with zero attached hydrogens (tertiary/aromatic N) is 5. The monoisotopic (exact) mass is 365 g/mol. The van der Waals surface area contributed by atoms with Gasteiger partial charge in [0.2, 0.25) is 0 Å². The third-order valence-corrected chi connectivity index (χ3v) is 4.79. The lowest BCUT2D eigenvalue weighted by Crippen LogP contribution is -2.23. The molecule has 3 heterocycles. The van der Waals surface area contributed by atoms with E-state index >= 15 is 0 Å². The van der Waals surface area contributed by atoms with Crippen molar-refractivity contribution in [1.29, 1.82) is 5.26 Å². The normalized spacial score (nSPS) is 11.2. The second-order valence-electron chi connectivity index (χ2n) is 7.06. The third kappa shape index (κ3) is 3.28. The van der Waals surface area contributed by atoms with Gasteiger partial charge in [0.05, 0.1) is 28.7 Å². The van der Waals surface area contributed by atoms with Gasteiger partial charge < -0.3 is 0 Å². The molecule has 0 unspecified atom stereocenters. The molecule has 0 spiro atoms. The van der Waals surface area contributed by atoms with Crippen LogP contribution in [0.15, 0.2) is 79.1 Å². The van der Waals surface area contributed by atoms with E-state index < -0.39 is 5.41 Å². The summed E-state index contributed by atoms with van der Waals surface area (Å²) >= 11 is 0. The molecule has 0 atom stereocenters. The fourth-order valence-corrected chi connectivity index (χ4v) is 3.13. The first-order valence-corrected chi connectivity index (χ1v) is 9.03. The zero-order chi connectivity index (χ0) is 19.6. The van der Waals surface area contributed by atoms with Gasteiger partial charge in [0.1, 0.15) is 0 Å². The third-order valence-electron chi connectivity index (χ3n) is 4.79. The van der Waals surface area contributed by atoms with Crippen LogP contribution in [0, 0.1) is 11.3 Å². The number of nitriles is 1. The molecule has 3 aromatic heterocycles. The Kier molecular flexibility index (Phi) is 4.46. The Balaban J connectivity index is 1.74. The fraction of sp³-hybridized carbons (Fsp3) is 0.130. The molecule has 0 N–H and O–H groups in total. The van der Waals surface area contributed by atoms with E-state index in [1.807, 2.05) is 66.9 Å². The van der Waals surface area contributed by atoms with Gasteiger partial charge >= 0.3 is 0 Å². The highest BCUT2D eigenvalue weighted by atomic mass is 15.3. The van der Waals surface area contributed by atoms with Gasteiger partial charge in [-0.25, -0.2) is 9.67 Å². The minimum absolute atomic E-state index is 0.397. The molecule has 1 aromatic carbocycles. The number of hydrogen-bond donors (Lipinski definition) is 0. The molecule has 0 aliphatic heterocycles. The molecule has 0 radical (unpaired) electrons. The van der Waals surface area contributed by atoms with Gasteiger partial charge in [-0.15, -0.1) is 0 Å². The molecule has 136 valence electrons. The number of rotatable bonds is 4. The second-order valence-corrected chi connectivity index (χ2v) is 7.06. The van der Waals surface area contributed by atoms with E-state index in [2.05, 4.69) is 25.0 Å². The molecule has 0 saturated heterocycles. The molecular weight excluding hydrogens is 346 g/mol. The molecule has 4 aromatic rings. The number of pyridine rings is 2. The summed E-state index contributed by atoms with van der Waals surface area (Å²) in [6.45, 7) is 4.22. The molecule has 28 heavy (non-hydrogen) atoms. The van der Waals surface area contributed by atoms with Crippen LogP contribution in [0.3, 0.4) is 0 Å². The van der Waals surface area contributed by atoms with Crippen molar-refractivity contribution in [3.63, 3.8) is 0 Å². The van der Waals surface area contributed by atoms with Gasteiger partial charge in [-0.1, -0.05) is 24.3 Å². The Labute approximate surface area is 164 Å². The van der Waals surface area contributed by atoms with E-state index in [0.717, 1.165) is 28.5 Å². The number of aromatic nitrogens is 4. The predicted molar refractivity (Wildman–Crippen MR) is 108 cm³/mol. The average molecular weight is 365 g/mol. The van der Waals surface area contributed by atoms with Crippen LogP contribution in [0.5, 0.6) is 0 Å². The lowest BCUT2D eigenvalue weighted by atomic mass is 9.84. The maximum atomic E-state index is 9.16. The lowest BCUT2D eigenvalue weighted by molar-refractivity contribution is 0.592. The van der Waals surface area contributed by atoms with Gasteiger partial charge in [0.25, 0.3) is 0 Å². The highest BCUT2D eigenvalue weighted by Gasteiger charge is 2.27.